The Balaban J connectivity index is 2.27. The summed E-state index contributed by atoms with van der Waals surface area (Å²) in [7, 11) is 0. The van der Waals surface area contributed by atoms with Gasteiger partial charge in [0.15, 0.2) is 0 Å². The highest BCUT2D eigenvalue weighted by Crippen LogP contribution is 2.29. The van der Waals surface area contributed by atoms with E-state index in [1.807, 2.05) is 11.0 Å². The number of hydrogen-bond acceptors (Lipinski definition) is 1. The Kier molecular flexibility index (Phi) is 4.57. The minimum Gasteiger partial charge on any atom is -0.335 e. The summed E-state index contributed by atoms with van der Waals surface area (Å²) in [4.78, 5) is 14.6. The van der Waals surface area contributed by atoms with E-state index >= 15 is 0 Å². The standard InChI is InChI=1S/C15H19BrClNO/c1-9-4-10(2)11(3)18(8-9)15(19)12-5-13(16)7-14(17)6-12/h5-7,9-11H,4,8H2,1-3H3. The van der Waals surface area contributed by atoms with Crippen LogP contribution in [0.2, 0.25) is 5.02 Å². The van der Waals surface area contributed by atoms with Crippen LogP contribution in [-0.4, -0.2) is 23.4 Å². The number of halogens is 2. The van der Waals surface area contributed by atoms with Gasteiger partial charge in [-0.1, -0.05) is 41.4 Å². The predicted octanol–water partition coefficient (Wildman–Crippen LogP) is 4.61. The molecule has 0 aliphatic carbocycles. The van der Waals surface area contributed by atoms with E-state index in [0.29, 0.717) is 22.4 Å². The van der Waals surface area contributed by atoms with Crippen molar-refractivity contribution in [1.29, 1.82) is 0 Å². The molecule has 0 N–H and O–H groups in total. The van der Waals surface area contributed by atoms with Crippen LogP contribution < -0.4 is 0 Å². The molecular formula is C15H19BrClNO. The first-order chi connectivity index (χ1) is 8.88. The Labute approximate surface area is 128 Å². The van der Waals surface area contributed by atoms with Gasteiger partial charge in [-0.05, 0) is 43.4 Å². The number of rotatable bonds is 1. The van der Waals surface area contributed by atoms with Gasteiger partial charge in [-0.2, -0.15) is 0 Å². The van der Waals surface area contributed by atoms with Crippen molar-refractivity contribution in [3.05, 3.63) is 33.3 Å². The Morgan fingerprint density at radius 2 is 2.00 bits per heavy atom. The molecule has 1 aliphatic rings. The molecule has 4 heteroatoms. The van der Waals surface area contributed by atoms with Crippen LogP contribution in [0.25, 0.3) is 0 Å². The van der Waals surface area contributed by atoms with Crippen LogP contribution in [0.4, 0.5) is 0 Å². The van der Waals surface area contributed by atoms with Crippen LogP contribution in [0.15, 0.2) is 22.7 Å². The molecule has 2 nitrogen and oxygen atoms in total. The minimum absolute atomic E-state index is 0.0779. The van der Waals surface area contributed by atoms with Crippen molar-refractivity contribution >= 4 is 33.4 Å². The SMILES string of the molecule is CC1CC(C)C(C)N(C(=O)c2cc(Cl)cc(Br)c2)C1. The lowest BCUT2D eigenvalue weighted by molar-refractivity contribution is 0.0455. The maximum atomic E-state index is 12.7. The number of piperidine rings is 1. The molecule has 1 aromatic carbocycles. The van der Waals surface area contributed by atoms with Crippen LogP contribution in [0.5, 0.6) is 0 Å². The van der Waals surface area contributed by atoms with Crippen molar-refractivity contribution in [2.75, 3.05) is 6.54 Å². The van der Waals surface area contributed by atoms with E-state index in [-0.39, 0.29) is 11.9 Å². The molecule has 1 saturated heterocycles. The second-order valence-corrected chi connectivity index (χ2v) is 7.03. The second kappa shape index (κ2) is 5.84. The lowest BCUT2D eigenvalue weighted by atomic mass is 9.85. The van der Waals surface area contributed by atoms with E-state index in [0.717, 1.165) is 11.0 Å². The number of likely N-dealkylation sites (tertiary alicyclic amines) is 1. The Morgan fingerprint density at radius 1 is 1.32 bits per heavy atom. The summed E-state index contributed by atoms with van der Waals surface area (Å²) in [6.07, 6.45) is 1.18. The van der Waals surface area contributed by atoms with Gasteiger partial charge in [0.25, 0.3) is 5.91 Å². The molecule has 0 bridgehead atoms. The first-order valence-corrected chi connectivity index (χ1v) is 7.82. The quantitative estimate of drug-likeness (QED) is 0.728. The van der Waals surface area contributed by atoms with Gasteiger partial charge in [-0.3, -0.25) is 4.79 Å². The summed E-state index contributed by atoms with van der Waals surface area (Å²) in [5, 5.41) is 0.587. The van der Waals surface area contributed by atoms with E-state index in [1.54, 1.807) is 12.1 Å². The van der Waals surface area contributed by atoms with Gasteiger partial charge in [0, 0.05) is 27.6 Å². The molecule has 1 fully saturated rings. The smallest absolute Gasteiger partial charge is 0.254 e. The molecule has 1 amide bonds. The molecule has 1 aromatic rings. The molecule has 0 radical (unpaired) electrons. The fourth-order valence-corrected chi connectivity index (χ4v) is 3.69. The maximum absolute atomic E-state index is 12.7. The third kappa shape index (κ3) is 3.32. The average molecular weight is 345 g/mol. The Morgan fingerprint density at radius 3 is 2.63 bits per heavy atom. The number of carbonyl (C=O) groups excluding carboxylic acids is 1. The first kappa shape index (κ1) is 14.9. The van der Waals surface area contributed by atoms with Crippen molar-refractivity contribution in [3.63, 3.8) is 0 Å². The van der Waals surface area contributed by atoms with E-state index in [1.165, 1.54) is 6.42 Å². The zero-order chi connectivity index (χ0) is 14.2. The number of amides is 1. The van der Waals surface area contributed by atoms with Crippen molar-refractivity contribution in [3.8, 4) is 0 Å². The molecular weight excluding hydrogens is 326 g/mol. The van der Waals surface area contributed by atoms with Crippen molar-refractivity contribution in [2.45, 2.75) is 33.2 Å². The van der Waals surface area contributed by atoms with E-state index in [4.69, 9.17) is 11.6 Å². The molecule has 0 spiro atoms. The third-order valence-electron chi connectivity index (χ3n) is 3.97. The van der Waals surface area contributed by atoms with Gasteiger partial charge < -0.3 is 4.90 Å². The normalized spacial score (nSPS) is 27.4. The van der Waals surface area contributed by atoms with E-state index in [2.05, 4.69) is 36.7 Å². The van der Waals surface area contributed by atoms with Gasteiger partial charge in [0.05, 0.1) is 0 Å². The molecule has 0 aromatic heterocycles. The number of nitrogens with zero attached hydrogens (tertiary/aromatic N) is 1. The third-order valence-corrected chi connectivity index (χ3v) is 4.64. The van der Waals surface area contributed by atoms with E-state index in [9.17, 15) is 4.79 Å². The maximum Gasteiger partial charge on any atom is 0.254 e. The van der Waals surface area contributed by atoms with Crippen LogP contribution in [-0.2, 0) is 0 Å². The molecule has 1 heterocycles. The Hall–Kier alpha value is -0.540. The number of benzene rings is 1. The lowest BCUT2D eigenvalue weighted by Gasteiger charge is -2.41. The van der Waals surface area contributed by atoms with Crippen molar-refractivity contribution < 1.29 is 4.79 Å². The molecule has 1 aliphatic heterocycles. The monoisotopic (exact) mass is 343 g/mol. The molecule has 3 unspecified atom stereocenters. The minimum atomic E-state index is 0.0779. The number of hydrogen-bond donors (Lipinski definition) is 0. The lowest BCUT2D eigenvalue weighted by Crippen LogP contribution is -2.48. The zero-order valence-electron chi connectivity index (χ0n) is 11.5. The highest BCUT2D eigenvalue weighted by atomic mass is 79.9. The van der Waals surface area contributed by atoms with Gasteiger partial charge >= 0.3 is 0 Å². The first-order valence-electron chi connectivity index (χ1n) is 6.65. The molecule has 104 valence electrons. The summed E-state index contributed by atoms with van der Waals surface area (Å²) < 4.78 is 0.842. The largest absolute Gasteiger partial charge is 0.335 e. The van der Waals surface area contributed by atoms with Crippen LogP contribution in [0, 0.1) is 11.8 Å². The summed E-state index contributed by atoms with van der Waals surface area (Å²) >= 11 is 9.42. The summed E-state index contributed by atoms with van der Waals surface area (Å²) in [5.74, 6) is 1.17. The van der Waals surface area contributed by atoms with Gasteiger partial charge in [-0.25, -0.2) is 0 Å². The fourth-order valence-electron chi connectivity index (χ4n) is 2.83. The summed E-state index contributed by atoms with van der Waals surface area (Å²) in [6, 6.07) is 5.65. The van der Waals surface area contributed by atoms with Crippen LogP contribution in [0.3, 0.4) is 0 Å². The van der Waals surface area contributed by atoms with Crippen molar-refractivity contribution in [2.24, 2.45) is 11.8 Å². The van der Waals surface area contributed by atoms with Crippen LogP contribution in [0.1, 0.15) is 37.6 Å². The molecule has 2 rings (SSSR count). The second-order valence-electron chi connectivity index (χ2n) is 5.67. The average Bonchev–Trinajstić information content (AvgIpc) is 2.31. The van der Waals surface area contributed by atoms with Crippen LogP contribution >= 0.6 is 27.5 Å². The van der Waals surface area contributed by atoms with Gasteiger partial charge in [-0.15, -0.1) is 0 Å². The topological polar surface area (TPSA) is 20.3 Å². The summed E-state index contributed by atoms with van der Waals surface area (Å²) in [5.41, 5.74) is 0.660. The van der Waals surface area contributed by atoms with Gasteiger partial charge in [0.2, 0.25) is 0 Å². The predicted molar refractivity (Wildman–Crippen MR) is 82.6 cm³/mol. The highest BCUT2D eigenvalue weighted by molar-refractivity contribution is 9.10. The number of carbonyl (C=O) groups is 1. The Bertz CT molecular complexity index is 471. The van der Waals surface area contributed by atoms with E-state index < -0.39 is 0 Å². The fraction of sp³-hybridized carbons (Fsp3) is 0.533. The molecule has 3 atom stereocenters. The molecule has 19 heavy (non-hydrogen) atoms. The highest BCUT2D eigenvalue weighted by Gasteiger charge is 2.32. The van der Waals surface area contributed by atoms with Crippen molar-refractivity contribution in [1.82, 2.24) is 4.90 Å². The summed E-state index contributed by atoms with van der Waals surface area (Å²) in [6.45, 7) is 7.38. The molecule has 0 saturated carbocycles. The zero-order valence-corrected chi connectivity index (χ0v) is 13.8. The van der Waals surface area contributed by atoms with Gasteiger partial charge in [0.1, 0.15) is 0 Å².